The number of carboxylic acid groups (broad SMARTS) is 1. The van der Waals surface area contributed by atoms with Crippen molar-refractivity contribution in [3.63, 3.8) is 0 Å². The number of rotatable bonds is 3. The van der Waals surface area contributed by atoms with Gasteiger partial charge in [-0.05, 0) is 24.3 Å². The monoisotopic (exact) mass is 274 g/mol. The van der Waals surface area contributed by atoms with Crippen LogP contribution in [-0.2, 0) is 0 Å². The smallest absolute Gasteiger partial charge is 0.337 e. The second kappa shape index (κ2) is 5.33. The van der Waals surface area contributed by atoms with Crippen LogP contribution >= 0.6 is 11.6 Å². The van der Waals surface area contributed by atoms with E-state index in [0.717, 1.165) is 0 Å². The minimum atomic E-state index is -1.12. The van der Waals surface area contributed by atoms with Gasteiger partial charge in [-0.3, -0.25) is 0 Å². The van der Waals surface area contributed by atoms with Crippen molar-refractivity contribution < 1.29 is 9.90 Å². The van der Waals surface area contributed by atoms with Crippen molar-refractivity contribution in [2.75, 3.05) is 5.32 Å². The lowest BCUT2D eigenvalue weighted by Crippen LogP contribution is -2.01. The van der Waals surface area contributed by atoms with E-state index in [-0.39, 0.29) is 22.2 Å². The van der Waals surface area contributed by atoms with Gasteiger partial charge in [-0.1, -0.05) is 11.6 Å². The van der Waals surface area contributed by atoms with Crippen LogP contribution in [0, 0.1) is 11.3 Å². The van der Waals surface area contributed by atoms with E-state index in [4.69, 9.17) is 22.0 Å². The van der Waals surface area contributed by atoms with Crippen LogP contribution in [0.5, 0.6) is 0 Å². The van der Waals surface area contributed by atoms with Crippen LogP contribution in [0.15, 0.2) is 30.5 Å². The Morgan fingerprint density at radius 1 is 1.42 bits per heavy atom. The third kappa shape index (κ3) is 2.97. The lowest BCUT2D eigenvalue weighted by Gasteiger charge is -2.06. The fourth-order valence-corrected chi connectivity index (χ4v) is 1.58. The quantitative estimate of drug-likeness (QED) is 0.892. The molecule has 2 N–H and O–H groups in total. The normalized spacial score (nSPS) is 9.68. The summed E-state index contributed by atoms with van der Waals surface area (Å²) in [6.07, 6.45) is 1.43. The van der Waals surface area contributed by atoms with Crippen LogP contribution in [0.3, 0.4) is 0 Å². The molecule has 0 atom stereocenters. The summed E-state index contributed by atoms with van der Waals surface area (Å²) in [5.74, 6) is -0.918. The molecule has 0 saturated heterocycles. The van der Waals surface area contributed by atoms with E-state index >= 15 is 0 Å². The lowest BCUT2D eigenvalue weighted by atomic mass is 10.2. The van der Waals surface area contributed by atoms with Gasteiger partial charge in [0.15, 0.2) is 0 Å². The highest BCUT2D eigenvalue weighted by Crippen LogP contribution is 2.22. The summed E-state index contributed by atoms with van der Waals surface area (Å²) < 4.78 is 0. The molecule has 0 unspecified atom stereocenters. The van der Waals surface area contributed by atoms with Gasteiger partial charge >= 0.3 is 5.97 Å². The largest absolute Gasteiger partial charge is 0.478 e. The molecule has 94 valence electrons. The van der Waals surface area contributed by atoms with Crippen LogP contribution in [-0.4, -0.2) is 21.0 Å². The molecule has 0 aliphatic carbocycles. The summed E-state index contributed by atoms with van der Waals surface area (Å²) in [7, 11) is 0. The van der Waals surface area contributed by atoms with Gasteiger partial charge in [0.25, 0.3) is 0 Å². The SMILES string of the molecule is N#Cc1ccnc(Nc2ccc(Cl)c(C(=O)O)c2)n1. The molecular formula is C12H7ClN4O2. The summed E-state index contributed by atoms with van der Waals surface area (Å²) >= 11 is 5.76. The van der Waals surface area contributed by atoms with Crippen molar-refractivity contribution in [1.82, 2.24) is 9.97 Å². The number of nitrogens with zero attached hydrogens (tertiary/aromatic N) is 3. The molecule has 2 aromatic rings. The van der Waals surface area contributed by atoms with Crippen LogP contribution in [0.2, 0.25) is 5.02 Å². The number of carboxylic acids is 1. The first-order valence-electron chi connectivity index (χ1n) is 5.13. The van der Waals surface area contributed by atoms with Crippen molar-refractivity contribution in [2.45, 2.75) is 0 Å². The predicted molar refractivity (Wildman–Crippen MR) is 68.4 cm³/mol. The van der Waals surface area contributed by atoms with Gasteiger partial charge in [-0.15, -0.1) is 0 Å². The number of anilines is 2. The number of hydrogen-bond acceptors (Lipinski definition) is 5. The van der Waals surface area contributed by atoms with Crippen molar-refractivity contribution in [3.05, 3.63) is 46.7 Å². The zero-order chi connectivity index (χ0) is 13.8. The number of aromatic carboxylic acids is 1. The number of hydrogen-bond donors (Lipinski definition) is 2. The van der Waals surface area contributed by atoms with Crippen LogP contribution in [0.1, 0.15) is 16.1 Å². The molecule has 0 radical (unpaired) electrons. The van der Waals surface area contributed by atoms with Crippen molar-refractivity contribution >= 4 is 29.2 Å². The molecule has 19 heavy (non-hydrogen) atoms. The van der Waals surface area contributed by atoms with Crippen LogP contribution in [0.4, 0.5) is 11.6 Å². The Morgan fingerprint density at radius 3 is 2.89 bits per heavy atom. The summed E-state index contributed by atoms with van der Waals surface area (Å²) in [6.45, 7) is 0. The standard InChI is InChI=1S/C12H7ClN4O2/c13-10-2-1-7(5-9(10)11(18)19)16-12-15-4-3-8(6-14)17-12/h1-5H,(H,18,19)(H,15,16,17). The van der Waals surface area contributed by atoms with E-state index < -0.39 is 5.97 Å². The van der Waals surface area contributed by atoms with E-state index in [0.29, 0.717) is 5.69 Å². The molecule has 7 heteroatoms. The molecule has 1 aromatic heterocycles. The van der Waals surface area contributed by atoms with Gasteiger partial charge in [-0.25, -0.2) is 14.8 Å². The Morgan fingerprint density at radius 2 is 2.21 bits per heavy atom. The molecule has 0 aliphatic rings. The molecule has 0 amide bonds. The Hall–Kier alpha value is -2.65. The molecule has 0 fully saturated rings. The summed E-state index contributed by atoms with van der Waals surface area (Å²) in [5.41, 5.74) is 0.657. The average Bonchev–Trinajstić information content (AvgIpc) is 2.41. The fourth-order valence-electron chi connectivity index (χ4n) is 1.38. The lowest BCUT2D eigenvalue weighted by molar-refractivity contribution is 0.0697. The van der Waals surface area contributed by atoms with Gasteiger partial charge in [0.2, 0.25) is 5.95 Å². The minimum Gasteiger partial charge on any atom is -0.478 e. The molecule has 2 rings (SSSR count). The summed E-state index contributed by atoms with van der Waals surface area (Å²) in [4.78, 5) is 18.8. The first-order valence-corrected chi connectivity index (χ1v) is 5.51. The molecule has 1 heterocycles. The van der Waals surface area contributed by atoms with Crippen molar-refractivity contribution in [1.29, 1.82) is 5.26 Å². The summed E-state index contributed by atoms with van der Waals surface area (Å²) in [6, 6.07) is 7.78. The molecule has 1 aromatic carbocycles. The number of halogens is 1. The van der Waals surface area contributed by atoms with Gasteiger partial charge in [0, 0.05) is 11.9 Å². The van der Waals surface area contributed by atoms with Gasteiger partial charge < -0.3 is 10.4 Å². The molecular weight excluding hydrogens is 268 g/mol. The van der Waals surface area contributed by atoms with Gasteiger partial charge in [0.05, 0.1) is 10.6 Å². The van der Waals surface area contributed by atoms with E-state index in [9.17, 15) is 4.79 Å². The predicted octanol–water partition coefficient (Wildman–Crippen LogP) is 2.44. The highest BCUT2D eigenvalue weighted by atomic mass is 35.5. The van der Waals surface area contributed by atoms with Crippen molar-refractivity contribution in [3.8, 4) is 6.07 Å². The number of nitrogens with one attached hydrogen (secondary N) is 1. The molecule has 0 bridgehead atoms. The number of benzene rings is 1. The third-order valence-corrected chi connectivity index (χ3v) is 2.55. The van der Waals surface area contributed by atoms with Crippen LogP contribution < -0.4 is 5.32 Å². The van der Waals surface area contributed by atoms with Crippen molar-refractivity contribution in [2.24, 2.45) is 0 Å². The Kier molecular flexibility index (Phi) is 3.59. The fraction of sp³-hybridized carbons (Fsp3) is 0. The minimum absolute atomic E-state index is 0.0249. The first-order chi connectivity index (χ1) is 9.10. The average molecular weight is 275 g/mol. The Balaban J connectivity index is 2.31. The number of aromatic nitrogens is 2. The summed E-state index contributed by atoms with van der Waals surface area (Å²) in [5, 5.41) is 20.6. The second-order valence-corrected chi connectivity index (χ2v) is 3.91. The maximum atomic E-state index is 10.9. The highest BCUT2D eigenvalue weighted by Gasteiger charge is 2.10. The Bertz CT molecular complexity index is 682. The van der Waals surface area contributed by atoms with Crippen LogP contribution in [0.25, 0.3) is 0 Å². The number of nitriles is 1. The molecule has 0 aliphatic heterocycles. The van der Waals surface area contributed by atoms with E-state index in [1.54, 1.807) is 6.07 Å². The molecule has 0 saturated carbocycles. The van der Waals surface area contributed by atoms with Gasteiger partial charge in [0.1, 0.15) is 11.8 Å². The topological polar surface area (TPSA) is 98.9 Å². The second-order valence-electron chi connectivity index (χ2n) is 3.50. The maximum Gasteiger partial charge on any atom is 0.337 e. The molecule has 6 nitrogen and oxygen atoms in total. The highest BCUT2D eigenvalue weighted by molar-refractivity contribution is 6.33. The van der Waals surface area contributed by atoms with E-state index in [1.807, 2.05) is 6.07 Å². The van der Waals surface area contributed by atoms with Gasteiger partial charge in [-0.2, -0.15) is 5.26 Å². The Labute approximate surface area is 113 Å². The first kappa shape index (κ1) is 12.8. The maximum absolute atomic E-state index is 10.9. The molecule has 0 spiro atoms. The third-order valence-electron chi connectivity index (χ3n) is 2.22. The van der Waals surface area contributed by atoms with E-state index in [1.165, 1.54) is 24.4 Å². The zero-order valence-corrected chi connectivity index (χ0v) is 10.2. The van der Waals surface area contributed by atoms with E-state index in [2.05, 4.69) is 15.3 Å². The number of carbonyl (C=O) groups is 1. The zero-order valence-electron chi connectivity index (χ0n) is 9.46.